The van der Waals surface area contributed by atoms with Crippen LogP contribution < -0.4 is 16.6 Å². The molecule has 0 fully saturated rings. The van der Waals surface area contributed by atoms with Gasteiger partial charge in [-0.3, -0.25) is 13.9 Å². The maximum Gasteiger partial charge on any atom is 0.331 e. The van der Waals surface area contributed by atoms with Crippen LogP contribution in [0.2, 0.25) is 0 Å². The summed E-state index contributed by atoms with van der Waals surface area (Å²) in [4.78, 5) is 24.1. The number of aromatic nitrogens is 2. The number of nitrogens with zero attached hydrogens (tertiary/aromatic N) is 2. The van der Waals surface area contributed by atoms with Crippen molar-refractivity contribution in [1.82, 2.24) is 14.5 Å². The molecule has 1 aromatic heterocycles. The zero-order valence-electron chi connectivity index (χ0n) is 9.93. The van der Waals surface area contributed by atoms with Crippen molar-refractivity contribution in [2.75, 3.05) is 13.6 Å². The molecule has 0 radical (unpaired) electrons. The molecular weight excluding hydrogens is 218 g/mol. The second-order valence-electron chi connectivity index (χ2n) is 3.92. The summed E-state index contributed by atoms with van der Waals surface area (Å²) in [6.45, 7) is 0.973. The topological polar surface area (TPSA) is 56.0 Å². The van der Waals surface area contributed by atoms with E-state index in [1.165, 1.54) is 9.13 Å². The maximum atomic E-state index is 12.1. The summed E-state index contributed by atoms with van der Waals surface area (Å²) in [6.07, 6.45) is 0. The molecule has 0 amide bonds. The first-order chi connectivity index (χ1) is 8.16. The van der Waals surface area contributed by atoms with Crippen molar-refractivity contribution in [1.29, 1.82) is 0 Å². The van der Waals surface area contributed by atoms with Gasteiger partial charge < -0.3 is 5.32 Å². The van der Waals surface area contributed by atoms with E-state index in [0.717, 1.165) is 0 Å². The summed E-state index contributed by atoms with van der Waals surface area (Å²) in [7, 11) is 3.47. The molecule has 5 nitrogen and oxygen atoms in total. The summed E-state index contributed by atoms with van der Waals surface area (Å²) in [6, 6.07) is 7.14. The van der Waals surface area contributed by atoms with Crippen molar-refractivity contribution < 1.29 is 0 Å². The number of nitrogens with one attached hydrogen (secondary N) is 1. The molecule has 2 aromatic rings. The van der Waals surface area contributed by atoms with Gasteiger partial charge in [0.1, 0.15) is 0 Å². The molecule has 2 rings (SSSR count). The minimum Gasteiger partial charge on any atom is -0.318 e. The van der Waals surface area contributed by atoms with E-state index < -0.39 is 0 Å². The molecule has 1 heterocycles. The highest BCUT2D eigenvalue weighted by Crippen LogP contribution is 2.05. The normalized spacial score (nSPS) is 10.9. The molecule has 0 aliphatic heterocycles. The molecule has 90 valence electrons. The molecule has 0 unspecified atom stereocenters. The Balaban J connectivity index is 2.78. The number of para-hydroxylation sites is 1. The lowest BCUT2D eigenvalue weighted by molar-refractivity contribution is 0.580. The highest BCUT2D eigenvalue weighted by molar-refractivity contribution is 5.77. The predicted octanol–water partition coefficient (Wildman–Crippen LogP) is -0.0804. The smallest absolute Gasteiger partial charge is 0.318 e. The van der Waals surface area contributed by atoms with E-state index in [-0.39, 0.29) is 11.2 Å². The van der Waals surface area contributed by atoms with Crippen LogP contribution >= 0.6 is 0 Å². The fourth-order valence-electron chi connectivity index (χ4n) is 1.88. The number of aryl methyl sites for hydroxylation is 1. The summed E-state index contributed by atoms with van der Waals surface area (Å²) in [5.74, 6) is 0. The van der Waals surface area contributed by atoms with Gasteiger partial charge in [0.15, 0.2) is 0 Å². The van der Waals surface area contributed by atoms with Crippen LogP contribution in [0.15, 0.2) is 33.9 Å². The first kappa shape index (κ1) is 11.6. The van der Waals surface area contributed by atoms with Crippen molar-refractivity contribution >= 4 is 10.9 Å². The molecule has 0 aliphatic rings. The van der Waals surface area contributed by atoms with Gasteiger partial charge in [0, 0.05) is 20.1 Å². The molecule has 0 bridgehead atoms. The van der Waals surface area contributed by atoms with Gasteiger partial charge in [0.2, 0.25) is 0 Å². The molecule has 0 saturated carbocycles. The summed E-state index contributed by atoms with van der Waals surface area (Å²) in [5.41, 5.74) is 0.172. The third-order valence-electron chi connectivity index (χ3n) is 2.84. The minimum atomic E-state index is -0.274. The standard InChI is InChI=1S/C12H15N3O2/c1-13-7-8-15-11(16)9-5-3-4-6-10(9)14(2)12(15)17/h3-6,13H,7-8H2,1-2H3. The van der Waals surface area contributed by atoms with Crippen LogP contribution in [-0.4, -0.2) is 22.7 Å². The number of likely N-dealkylation sites (N-methyl/N-ethyl adjacent to an activating group) is 1. The molecule has 0 atom stereocenters. The Kier molecular flexibility index (Phi) is 3.10. The van der Waals surface area contributed by atoms with Gasteiger partial charge in [-0.25, -0.2) is 4.79 Å². The number of fused-ring (bicyclic) bond motifs is 1. The SMILES string of the molecule is CNCCn1c(=O)c2ccccc2n(C)c1=O. The molecule has 0 saturated heterocycles. The number of hydrogen-bond donors (Lipinski definition) is 1. The Morgan fingerprint density at radius 1 is 1.24 bits per heavy atom. The van der Waals surface area contributed by atoms with Crippen LogP contribution in [0.25, 0.3) is 10.9 Å². The van der Waals surface area contributed by atoms with Crippen molar-refractivity contribution in [3.8, 4) is 0 Å². The zero-order valence-corrected chi connectivity index (χ0v) is 9.93. The van der Waals surface area contributed by atoms with Gasteiger partial charge in [0.25, 0.3) is 5.56 Å². The first-order valence-electron chi connectivity index (χ1n) is 5.50. The summed E-state index contributed by atoms with van der Waals surface area (Å²) in [5, 5.41) is 3.51. The van der Waals surface area contributed by atoms with Crippen molar-refractivity contribution in [3.05, 3.63) is 45.1 Å². The summed E-state index contributed by atoms with van der Waals surface area (Å²) < 4.78 is 2.77. The average molecular weight is 233 g/mol. The monoisotopic (exact) mass is 233 g/mol. The predicted molar refractivity (Wildman–Crippen MR) is 67.4 cm³/mol. The largest absolute Gasteiger partial charge is 0.331 e. The molecule has 1 aromatic carbocycles. The van der Waals surface area contributed by atoms with Crippen LogP contribution in [0.1, 0.15) is 0 Å². The van der Waals surface area contributed by atoms with E-state index in [4.69, 9.17) is 0 Å². The fourth-order valence-corrected chi connectivity index (χ4v) is 1.88. The molecular formula is C12H15N3O2. The van der Waals surface area contributed by atoms with E-state index in [2.05, 4.69) is 5.32 Å². The molecule has 5 heteroatoms. The van der Waals surface area contributed by atoms with Gasteiger partial charge >= 0.3 is 5.69 Å². The first-order valence-corrected chi connectivity index (χ1v) is 5.50. The van der Waals surface area contributed by atoms with Crippen LogP contribution in [0.3, 0.4) is 0 Å². The van der Waals surface area contributed by atoms with E-state index in [1.54, 1.807) is 32.3 Å². The van der Waals surface area contributed by atoms with E-state index in [0.29, 0.717) is 24.0 Å². The average Bonchev–Trinajstić information content (AvgIpc) is 2.36. The Bertz CT molecular complexity index is 655. The minimum absolute atomic E-state index is 0.223. The molecule has 0 spiro atoms. The Morgan fingerprint density at radius 3 is 2.65 bits per heavy atom. The van der Waals surface area contributed by atoms with Gasteiger partial charge in [-0.15, -0.1) is 0 Å². The second-order valence-corrected chi connectivity index (χ2v) is 3.92. The van der Waals surface area contributed by atoms with Crippen molar-refractivity contribution in [2.45, 2.75) is 6.54 Å². The third kappa shape index (κ3) is 1.89. The van der Waals surface area contributed by atoms with Gasteiger partial charge in [-0.1, -0.05) is 12.1 Å². The number of hydrogen-bond acceptors (Lipinski definition) is 3. The Labute approximate surface area is 98.3 Å². The van der Waals surface area contributed by atoms with E-state index >= 15 is 0 Å². The van der Waals surface area contributed by atoms with Crippen LogP contribution in [0.5, 0.6) is 0 Å². The summed E-state index contributed by atoms with van der Waals surface area (Å²) >= 11 is 0. The lowest BCUT2D eigenvalue weighted by Crippen LogP contribution is -2.40. The van der Waals surface area contributed by atoms with Crippen LogP contribution in [-0.2, 0) is 13.6 Å². The van der Waals surface area contributed by atoms with Crippen molar-refractivity contribution in [2.24, 2.45) is 7.05 Å². The molecule has 17 heavy (non-hydrogen) atoms. The lowest BCUT2D eigenvalue weighted by Gasteiger charge is -2.10. The number of benzene rings is 1. The van der Waals surface area contributed by atoms with E-state index in [9.17, 15) is 9.59 Å². The lowest BCUT2D eigenvalue weighted by atomic mass is 10.2. The maximum absolute atomic E-state index is 12.1. The van der Waals surface area contributed by atoms with E-state index in [1.807, 2.05) is 6.07 Å². The van der Waals surface area contributed by atoms with Crippen LogP contribution in [0.4, 0.5) is 0 Å². The number of rotatable bonds is 3. The van der Waals surface area contributed by atoms with Crippen LogP contribution in [0, 0.1) is 0 Å². The Hall–Kier alpha value is -1.88. The van der Waals surface area contributed by atoms with Crippen molar-refractivity contribution in [3.63, 3.8) is 0 Å². The quantitative estimate of drug-likeness (QED) is 0.806. The highest BCUT2D eigenvalue weighted by Gasteiger charge is 2.09. The van der Waals surface area contributed by atoms with Gasteiger partial charge in [-0.05, 0) is 19.2 Å². The third-order valence-corrected chi connectivity index (χ3v) is 2.84. The van der Waals surface area contributed by atoms with Gasteiger partial charge in [-0.2, -0.15) is 0 Å². The van der Waals surface area contributed by atoms with Gasteiger partial charge in [0.05, 0.1) is 10.9 Å². The highest BCUT2D eigenvalue weighted by atomic mass is 16.2. The zero-order chi connectivity index (χ0) is 12.4. The molecule has 1 N–H and O–H groups in total. The Morgan fingerprint density at radius 2 is 1.94 bits per heavy atom. The fraction of sp³-hybridized carbons (Fsp3) is 0.333. The second kappa shape index (κ2) is 4.55. The molecule has 0 aliphatic carbocycles.